The second-order valence-electron chi connectivity index (χ2n) is 2.92. The summed E-state index contributed by atoms with van der Waals surface area (Å²) >= 11 is 1.49. The lowest BCUT2D eigenvalue weighted by atomic mass is 10.1. The van der Waals surface area contributed by atoms with E-state index in [0.717, 1.165) is 0 Å². The van der Waals surface area contributed by atoms with Crippen LogP contribution in [0.15, 0.2) is 18.2 Å². The molecule has 0 aliphatic heterocycles. The quantitative estimate of drug-likeness (QED) is 0.721. The van der Waals surface area contributed by atoms with Crippen LogP contribution in [0.4, 0.5) is 0 Å². The Morgan fingerprint density at radius 3 is 2.60 bits per heavy atom. The molecule has 0 spiro atoms. The van der Waals surface area contributed by atoms with Crippen LogP contribution in [0.5, 0.6) is 11.5 Å². The summed E-state index contributed by atoms with van der Waals surface area (Å²) in [5.41, 5.74) is 0.575. The Labute approximate surface area is 93.8 Å². The van der Waals surface area contributed by atoms with E-state index in [1.54, 1.807) is 32.4 Å². The molecule has 0 aliphatic rings. The molecule has 0 amide bonds. The molecule has 0 saturated carbocycles. The van der Waals surface area contributed by atoms with Gasteiger partial charge in [0.1, 0.15) is 11.5 Å². The van der Waals surface area contributed by atoms with Crippen molar-refractivity contribution in [1.29, 1.82) is 0 Å². The summed E-state index contributed by atoms with van der Waals surface area (Å²) < 4.78 is 10.2. The second-order valence-corrected chi connectivity index (χ2v) is 3.79. The number of ether oxygens (including phenoxy) is 2. The summed E-state index contributed by atoms with van der Waals surface area (Å²) in [5, 5.41) is 0. The van der Waals surface area contributed by atoms with Crippen molar-refractivity contribution >= 4 is 17.5 Å². The molecule has 0 N–H and O–H groups in total. The van der Waals surface area contributed by atoms with Crippen molar-refractivity contribution in [3.05, 3.63) is 23.8 Å². The van der Waals surface area contributed by atoms with Crippen LogP contribution in [0.1, 0.15) is 10.4 Å². The lowest BCUT2D eigenvalue weighted by Gasteiger charge is -2.08. The fraction of sp³-hybridized carbons (Fsp3) is 0.364. The molecule has 1 aromatic carbocycles. The molecule has 3 nitrogen and oxygen atoms in total. The Bertz CT molecular complexity index is 350. The maximum atomic E-state index is 11.7. The third-order valence-corrected chi connectivity index (χ3v) is 2.53. The average Bonchev–Trinajstić information content (AvgIpc) is 2.28. The molecule has 0 saturated heterocycles. The Morgan fingerprint density at radius 2 is 2.07 bits per heavy atom. The monoisotopic (exact) mass is 226 g/mol. The van der Waals surface area contributed by atoms with Crippen molar-refractivity contribution in [2.45, 2.75) is 0 Å². The van der Waals surface area contributed by atoms with Gasteiger partial charge in [0.2, 0.25) is 0 Å². The van der Waals surface area contributed by atoms with E-state index in [-0.39, 0.29) is 5.78 Å². The van der Waals surface area contributed by atoms with Crippen molar-refractivity contribution < 1.29 is 14.3 Å². The van der Waals surface area contributed by atoms with Crippen LogP contribution in [0.3, 0.4) is 0 Å². The molecule has 0 atom stereocenters. The molecular formula is C11H14O3S. The van der Waals surface area contributed by atoms with Crippen LogP contribution in [0, 0.1) is 0 Å². The highest BCUT2D eigenvalue weighted by Gasteiger charge is 2.12. The number of carbonyl (C=O) groups is 1. The van der Waals surface area contributed by atoms with Crippen molar-refractivity contribution in [2.24, 2.45) is 0 Å². The first-order valence-electron chi connectivity index (χ1n) is 4.47. The van der Waals surface area contributed by atoms with Gasteiger partial charge in [-0.2, -0.15) is 11.8 Å². The predicted molar refractivity (Wildman–Crippen MR) is 62.3 cm³/mol. The molecule has 0 aliphatic carbocycles. The molecule has 15 heavy (non-hydrogen) atoms. The lowest BCUT2D eigenvalue weighted by molar-refractivity contribution is 0.101. The topological polar surface area (TPSA) is 35.5 Å². The van der Waals surface area contributed by atoms with E-state index in [1.807, 2.05) is 6.26 Å². The first kappa shape index (κ1) is 11.9. The maximum Gasteiger partial charge on any atom is 0.176 e. The largest absolute Gasteiger partial charge is 0.497 e. The summed E-state index contributed by atoms with van der Waals surface area (Å²) in [4.78, 5) is 11.7. The molecule has 1 rings (SSSR count). The third kappa shape index (κ3) is 2.89. The van der Waals surface area contributed by atoms with Gasteiger partial charge in [-0.3, -0.25) is 4.79 Å². The van der Waals surface area contributed by atoms with Gasteiger partial charge in [-0.1, -0.05) is 0 Å². The first-order valence-corrected chi connectivity index (χ1v) is 5.86. The minimum absolute atomic E-state index is 0.0539. The zero-order chi connectivity index (χ0) is 11.3. The van der Waals surface area contributed by atoms with E-state index in [0.29, 0.717) is 22.8 Å². The number of benzene rings is 1. The van der Waals surface area contributed by atoms with Gasteiger partial charge >= 0.3 is 0 Å². The number of methoxy groups -OCH3 is 2. The number of thioether (sulfide) groups is 1. The molecule has 0 aromatic heterocycles. The molecule has 0 heterocycles. The van der Waals surface area contributed by atoms with Crippen LogP contribution in [-0.4, -0.2) is 32.0 Å². The van der Waals surface area contributed by atoms with Crippen LogP contribution in [0.2, 0.25) is 0 Å². The normalized spacial score (nSPS) is 9.80. The Kier molecular flexibility index (Phi) is 4.49. The zero-order valence-corrected chi connectivity index (χ0v) is 9.89. The van der Waals surface area contributed by atoms with Gasteiger partial charge in [-0.05, 0) is 24.5 Å². The molecule has 1 aromatic rings. The van der Waals surface area contributed by atoms with Gasteiger partial charge in [-0.25, -0.2) is 0 Å². The second kappa shape index (κ2) is 5.66. The number of hydrogen-bond acceptors (Lipinski definition) is 4. The van der Waals surface area contributed by atoms with Crippen LogP contribution in [0.25, 0.3) is 0 Å². The van der Waals surface area contributed by atoms with Gasteiger partial charge < -0.3 is 9.47 Å². The SMILES string of the molecule is COc1ccc(OC)c(C(=O)CSC)c1. The minimum Gasteiger partial charge on any atom is -0.497 e. The van der Waals surface area contributed by atoms with Crippen LogP contribution in [-0.2, 0) is 0 Å². The fourth-order valence-electron chi connectivity index (χ4n) is 1.24. The van der Waals surface area contributed by atoms with Crippen LogP contribution >= 0.6 is 11.8 Å². The zero-order valence-electron chi connectivity index (χ0n) is 9.07. The highest BCUT2D eigenvalue weighted by atomic mass is 32.2. The molecule has 0 radical (unpaired) electrons. The molecule has 0 fully saturated rings. The van der Waals surface area contributed by atoms with Crippen molar-refractivity contribution in [1.82, 2.24) is 0 Å². The Morgan fingerprint density at radius 1 is 1.33 bits per heavy atom. The van der Waals surface area contributed by atoms with E-state index in [1.165, 1.54) is 11.8 Å². The van der Waals surface area contributed by atoms with Gasteiger partial charge in [0.25, 0.3) is 0 Å². The summed E-state index contributed by atoms with van der Waals surface area (Å²) in [5.74, 6) is 1.76. The number of ketones is 1. The first-order chi connectivity index (χ1) is 7.22. The van der Waals surface area contributed by atoms with Crippen molar-refractivity contribution in [2.75, 3.05) is 26.2 Å². The van der Waals surface area contributed by atoms with E-state index in [4.69, 9.17) is 9.47 Å². The summed E-state index contributed by atoms with van der Waals surface area (Å²) in [6, 6.07) is 5.22. The summed E-state index contributed by atoms with van der Waals surface area (Å²) in [6.45, 7) is 0. The number of Topliss-reactive ketones (excluding diaryl/α,β-unsaturated/α-hetero) is 1. The van der Waals surface area contributed by atoms with Gasteiger partial charge in [0, 0.05) is 0 Å². The van der Waals surface area contributed by atoms with Gasteiger partial charge in [0.15, 0.2) is 5.78 Å². The van der Waals surface area contributed by atoms with E-state index in [9.17, 15) is 4.79 Å². The highest BCUT2D eigenvalue weighted by Crippen LogP contribution is 2.24. The molecule has 0 unspecified atom stereocenters. The minimum atomic E-state index is 0.0539. The van der Waals surface area contributed by atoms with Gasteiger partial charge in [-0.15, -0.1) is 0 Å². The Balaban J connectivity index is 3.05. The number of carbonyl (C=O) groups excluding carboxylic acids is 1. The van der Waals surface area contributed by atoms with Crippen molar-refractivity contribution in [3.63, 3.8) is 0 Å². The summed E-state index contributed by atoms with van der Waals surface area (Å²) in [7, 11) is 3.13. The summed E-state index contributed by atoms with van der Waals surface area (Å²) in [6.07, 6.45) is 1.89. The molecule has 0 bridgehead atoms. The smallest absolute Gasteiger partial charge is 0.176 e. The predicted octanol–water partition coefficient (Wildman–Crippen LogP) is 2.25. The average molecular weight is 226 g/mol. The molecule has 4 heteroatoms. The van der Waals surface area contributed by atoms with E-state index < -0.39 is 0 Å². The van der Waals surface area contributed by atoms with Crippen molar-refractivity contribution in [3.8, 4) is 11.5 Å². The highest BCUT2D eigenvalue weighted by molar-refractivity contribution is 7.99. The number of hydrogen-bond donors (Lipinski definition) is 0. The lowest BCUT2D eigenvalue weighted by Crippen LogP contribution is -2.05. The fourth-order valence-corrected chi connectivity index (χ4v) is 1.66. The Hall–Kier alpha value is -1.16. The number of rotatable bonds is 5. The maximum absolute atomic E-state index is 11.7. The standard InChI is InChI=1S/C11H14O3S/c1-13-8-4-5-11(14-2)9(6-8)10(12)7-15-3/h4-6H,7H2,1-3H3. The van der Waals surface area contributed by atoms with Crippen LogP contribution < -0.4 is 9.47 Å². The van der Waals surface area contributed by atoms with Gasteiger partial charge in [0.05, 0.1) is 25.5 Å². The molecule has 82 valence electrons. The van der Waals surface area contributed by atoms with E-state index >= 15 is 0 Å². The third-order valence-electron chi connectivity index (χ3n) is 1.98. The van der Waals surface area contributed by atoms with E-state index in [2.05, 4.69) is 0 Å². The molecular weight excluding hydrogens is 212 g/mol.